The number of amides is 1. The van der Waals surface area contributed by atoms with Gasteiger partial charge in [0.15, 0.2) is 0 Å². The van der Waals surface area contributed by atoms with Crippen LogP contribution in [-0.4, -0.2) is 22.5 Å². The molecular weight excluding hydrogens is 342 g/mol. The maximum atomic E-state index is 12.4. The molecule has 0 aliphatic heterocycles. The number of carbonyl (C=O) groups is 2. The molecular formula is C14H18BrNO3S. The number of thiophene rings is 1. The quantitative estimate of drug-likeness (QED) is 0.844. The minimum atomic E-state index is -0.848. The Labute approximate surface area is 130 Å². The van der Waals surface area contributed by atoms with Crippen LogP contribution >= 0.6 is 27.3 Å². The van der Waals surface area contributed by atoms with Crippen LogP contribution in [-0.2, 0) is 9.59 Å². The first-order chi connectivity index (χ1) is 9.42. The van der Waals surface area contributed by atoms with Gasteiger partial charge in [0.2, 0.25) is 5.91 Å². The first-order valence-corrected chi connectivity index (χ1v) is 8.32. The van der Waals surface area contributed by atoms with Crippen LogP contribution in [0.25, 0.3) is 0 Å². The molecule has 0 bridgehead atoms. The minimum Gasteiger partial charge on any atom is -0.481 e. The summed E-state index contributed by atoms with van der Waals surface area (Å²) >= 11 is 4.92. The number of carbonyl (C=O) groups excluding carboxylic acids is 1. The number of hydrogen-bond acceptors (Lipinski definition) is 3. The number of aliphatic carboxylic acids is 1. The summed E-state index contributed by atoms with van der Waals surface area (Å²) in [4.78, 5) is 24.4. The number of carboxylic acids is 1. The molecule has 6 heteroatoms. The molecule has 0 aromatic carbocycles. The standard InChI is InChI=1S/C14H18BrNO3S/c1-9(10-4-5-11(15)20-10)13(19)16-14(8-12(17)18)6-2-3-7-14/h4-5,9H,2-3,6-8H2,1H3,(H,16,19)(H,17,18). The van der Waals surface area contributed by atoms with Gasteiger partial charge in [-0.25, -0.2) is 0 Å². The molecule has 1 atom stereocenters. The van der Waals surface area contributed by atoms with E-state index in [2.05, 4.69) is 21.2 Å². The average molecular weight is 360 g/mol. The van der Waals surface area contributed by atoms with Crippen molar-refractivity contribution in [3.05, 3.63) is 20.8 Å². The van der Waals surface area contributed by atoms with Gasteiger partial charge in [-0.05, 0) is 47.8 Å². The highest BCUT2D eigenvalue weighted by atomic mass is 79.9. The molecule has 1 unspecified atom stereocenters. The molecule has 1 amide bonds. The van der Waals surface area contributed by atoms with Crippen LogP contribution in [0.15, 0.2) is 15.9 Å². The number of carboxylic acid groups (broad SMARTS) is 1. The number of rotatable bonds is 5. The fourth-order valence-electron chi connectivity index (χ4n) is 2.75. The monoisotopic (exact) mass is 359 g/mol. The second-order valence-electron chi connectivity index (χ2n) is 5.41. The zero-order valence-electron chi connectivity index (χ0n) is 11.3. The van der Waals surface area contributed by atoms with Crippen LogP contribution in [0, 0.1) is 0 Å². The summed E-state index contributed by atoms with van der Waals surface area (Å²) in [6.07, 6.45) is 3.48. The van der Waals surface area contributed by atoms with Gasteiger partial charge in [-0.2, -0.15) is 0 Å². The van der Waals surface area contributed by atoms with E-state index in [-0.39, 0.29) is 18.2 Å². The first-order valence-electron chi connectivity index (χ1n) is 6.71. The fraction of sp³-hybridized carbons (Fsp3) is 0.571. The molecule has 1 aromatic rings. The van der Waals surface area contributed by atoms with E-state index in [0.717, 1.165) is 34.3 Å². The maximum Gasteiger partial charge on any atom is 0.305 e. The van der Waals surface area contributed by atoms with Crippen molar-refractivity contribution in [1.29, 1.82) is 0 Å². The van der Waals surface area contributed by atoms with E-state index in [0.29, 0.717) is 0 Å². The van der Waals surface area contributed by atoms with Crippen molar-refractivity contribution in [2.45, 2.75) is 50.5 Å². The summed E-state index contributed by atoms with van der Waals surface area (Å²) in [6.45, 7) is 1.86. The van der Waals surface area contributed by atoms with Gasteiger partial charge in [-0.15, -0.1) is 11.3 Å². The molecule has 4 nitrogen and oxygen atoms in total. The van der Waals surface area contributed by atoms with Crippen molar-refractivity contribution in [2.75, 3.05) is 0 Å². The minimum absolute atomic E-state index is 0.0135. The Balaban J connectivity index is 2.06. The van der Waals surface area contributed by atoms with Crippen molar-refractivity contribution in [3.63, 3.8) is 0 Å². The zero-order chi connectivity index (χ0) is 14.8. The summed E-state index contributed by atoms with van der Waals surface area (Å²) in [7, 11) is 0. The van der Waals surface area contributed by atoms with Crippen LogP contribution in [0.3, 0.4) is 0 Å². The van der Waals surface area contributed by atoms with Crippen LogP contribution < -0.4 is 5.32 Å². The zero-order valence-corrected chi connectivity index (χ0v) is 13.7. The Morgan fingerprint density at radius 1 is 1.45 bits per heavy atom. The molecule has 1 fully saturated rings. The molecule has 1 aromatic heterocycles. The molecule has 1 aliphatic carbocycles. The fourth-order valence-corrected chi connectivity index (χ4v) is 4.22. The molecule has 1 saturated carbocycles. The highest BCUT2D eigenvalue weighted by Crippen LogP contribution is 2.34. The Morgan fingerprint density at radius 3 is 2.60 bits per heavy atom. The Kier molecular flexibility index (Phi) is 4.86. The summed E-state index contributed by atoms with van der Waals surface area (Å²) in [5.41, 5.74) is -0.550. The molecule has 0 spiro atoms. The topological polar surface area (TPSA) is 66.4 Å². The normalized spacial score (nSPS) is 18.7. The third-order valence-electron chi connectivity index (χ3n) is 3.85. The van der Waals surface area contributed by atoms with Crippen molar-refractivity contribution < 1.29 is 14.7 Å². The smallest absolute Gasteiger partial charge is 0.305 e. The van der Waals surface area contributed by atoms with Crippen LogP contribution in [0.2, 0.25) is 0 Å². The number of halogens is 1. The lowest BCUT2D eigenvalue weighted by Gasteiger charge is -2.30. The molecule has 2 N–H and O–H groups in total. The third kappa shape index (κ3) is 3.61. The van der Waals surface area contributed by atoms with Crippen molar-refractivity contribution >= 4 is 39.1 Å². The molecule has 0 saturated heterocycles. The van der Waals surface area contributed by atoms with E-state index in [9.17, 15) is 9.59 Å². The molecule has 110 valence electrons. The third-order valence-corrected chi connectivity index (χ3v) is 5.66. The SMILES string of the molecule is CC(C(=O)NC1(CC(=O)O)CCCC1)c1ccc(Br)s1. The first kappa shape index (κ1) is 15.5. The van der Waals surface area contributed by atoms with E-state index < -0.39 is 11.5 Å². The maximum absolute atomic E-state index is 12.4. The molecule has 20 heavy (non-hydrogen) atoms. The second kappa shape index (κ2) is 6.26. The van der Waals surface area contributed by atoms with Gasteiger partial charge in [0, 0.05) is 4.88 Å². The summed E-state index contributed by atoms with van der Waals surface area (Å²) in [5, 5.41) is 12.1. The van der Waals surface area contributed by atoms with E-state index in [1.165, 1.54) is 11.3 Å². The molecule has 2 rings (SSSR count). The van der Waals surface area contributed by atoms with Gasteiger partial charge in [0.05, 0.1) is 21.7 Å². The van der Waals surface area contributed by atoms with Crippen LogP contribution in [0.5, 0.6) is 0 Å². The predicted octanol–water partition coefficient (Wildman–Crippen LogP) is 3.52. The van der Waals surface area contributed by atoms with E-state index in [1.807, 2.05) is 19.1 Å². The molecule has 1 aliphatic rings. The van der Waals surface area contributed by atoms with Gasteiger partial charge in [0.1, 0.15) is 0 Å². The average Bonchev–Trinajstić information content (AvgIpc) is 2.97. The van der Waals surface area contributed by atoms with Gasteiger partial charge in [-0.1, -0.05) is 12.8 Å². The molecule has 0 radical (unpaired) electrons. The van der Waals surface area contributed by atoms with Crippen molar-refractivity contribution in [3.8, 4) is 0 Å². The second-order valence-corrected chi connectivity index (χ2v) is 7.91. The molecule has 1 heterocycles. The van der Waals surface area contributed by atoms with Gasteiger partial charge < -0.3 is 10.4 Å². The lowest BCUT2D eigenvalue weighted by atomic mass is 9.92. The van der Waals surface area contributed by atoms with Gasteiger partial charge in [0.25, 0.3) is 0 Å². The lowest BCUT2D eigenvalue weighted by Crippen LogP contribution is -2.49. The van der Waals surface area contributed by atoms with E-state index in [4.69, 9.17) is 5.11 Å². The van der Waals surface area contributed by atoms with Crippen molar-refractivity contribution in [1.82, 2.24) is 5.32 Å². The highest BCUT2D eigenvalue weighted by Gasteiger charge is 2.38. The predicted molar refractivity (Wildman–Crippen MR) is 82.0 cm³/mol. The number of hydrogen-bond donors (Lipinski definition) is 2. The van der Waals surface area contributed by atoms with Gasteiger partial charge >= 0.3 is 5.97 Å². The van der Waals surface area contributed by atoms with Crippen LogP contribution in [0.1, 0.15) is 49.8 Å². The van der Waals surface area contributed by atoms with Crippen molar-refractivity contribution in [2.24, 2.45) is 0 Å². The van der Waals surface area contributed by atoms with E-state index >= 15 is 0 Å². The largest absolute Gasteiger partial charge is 0.481 e. The Morgan fingerprint density at radius 2 is 2.10 bits per heavy atom. The lowest BCUT2D eigenvalue weighted by molar-refractivity contribution is -0.139. The summed E-state index contributed by atoms with van der Waals surface area (Å²) in [5.74, 6) is -1.18. The number of nitrogens with one attached hydrogen (secondary N) is 1. The summed E-state index contributed by atoms with van der Waals surface area (Å²) in [6, 6.07) is 3.85. The van der Waals surface area contributed by atoms with Crippen LogP contribution in [0.4, 0.5) is 0 Å². The highest BCUT2D eigenvalue weighted by molar-refractivity contribution is 9.11. The van der Waals surface area contributed by atoms with E-state index in [1.54, 1.807) is 0 Å². The summed E-state index contributed by atoms with van der Waals surface area (Å²) < 4.78 is 0.994. The van der Waals surface area contributed by atoms with Gasteiger partial charge in [-0.3, -0.25) is 9.59 Å². The Hall–Kier alpha value is -0.880. The Bertz CT molecular complexity index is 508.